The van der Waals surface area contributed by atoms with Crippen molar-refractivity contribution in [2.24, 2.45) is 0 Å². The van der Waals surface area contributed by atoms with Crippen molar-refractivity contribution in [3.63, 3.8) is 0 Å². The molecule has 1 aromatic heterocycles. The number of benzene rings is 1. The number of carbonyl (C=O) groups excluding carboxylic acids is 1. The lowest BCUT2D eigenvalue weighted by molar-refractivity contribution is -0.154. The second kappa shape index (κ2) is 8.97. The van der Waals surface area contributed by atoms with E-state index in [9.17, 15) is 35.5 Å². The fraction of sp³-hybridized carbons (Fsp3) is 0.294. The molecule has 158 valence electrons. The van der Waals surface area contributed by atoms with Crippen LogP contribution in [0.2, 0.25) is 0 Å². The molecule has 0 aliphatic rings. The van der Waals surface area contributed by atoms with E-state index in [4.69, 9.17) is 0 Å². The first kappa shape index (κ1) is 22.2. The van der Waals surface area contributed by atoms with Crippen LogP contribution in [0, 0.1) is 5.82 Å². The van der Waals surface area contributed by atoms with Gasteiger partial charge in [-0.2, -0.15) is 26.3 Å². The Hall–Kier alpha value is -3.05. The zero-order valence-electron chi connectivity index (χ0n) is 14.5. The quantitative estimate of drug-likeness (QED) is 0.683. The van der Waals surface area contributed by atoms with Crippen molar-refractivity contribution < 1.29 is 40.3 Å². The molecule has 1 aromatic carbocycles. The van der Waals surface area contributed by atoms with E-state index in [2.05, 4.69) is 20.4 Å². The molecule has 0 atom stereocenters. The van der Waals surface area contributed by atoms with Crippen LogP contribution < -0.4 is 15.4 Å². The molecule has 0 saturated heterocycles. The van der Waals surface area contributed by atoms with Gasteiger partial charge in [-0.3, -0.25) is 0 Å². The normalized spacial score (nSPS) is 11.8. The number of rotatable bonds is 6. The average molecular weight is 425 g/mol. The minimum atomic E-state index is -4.78. The average Bonchev–Trinajstić information content (AvgIpc) is 2.63. The molecule has 0 aliphatic carbocycles. The van der Waals surface area contributed by atoms with E-state index in [0.717, 1.165) is 12.1 Å². The van der Waals surface area contributed by atoms with E-state index >= 15 is 0 Å². The summed E-state index contributed by atoms with van der Waals surface area (Å²) < 4.78 is 92.3. The monoisotopic (exact) mass is 425 g/mol. The van der Waals surface area contributed by atoms with Gasteiger partial charge in [0, 0.05) is 25.4 Å². The first-order valence-corrected chi connectivity index (χ1v) is 7.96. The molecule has 29 heavy (non-hydrogen) atoms. The van der Waals surface area contributed by atoms with Crippen molar-refractivity contribution in [1.82, 2.24) is 15.6 Å². The Morgan fingerprint density at radius 3 is 2.28 bits per heavy atom. The molecule has 2 N–H and O–H groups in total. The topological polar surface area (TPSA) is 63.2 Å². The van der Waals surface area contributed by atoms with Gasteiger partial charge in [-0.15, -0.1) is 0 Å². The highest BCUT2D eigenvalue weighted by Gasteiger charge is 2.33. The predicted molar refractivity (Wildman–Crippen MR) is 86.3 cm³/mol. The lowest BCUT2D eigenvalue weighted by Crippen LogP contribution is -2.35. The van der Waals surface area contributed by atoms with E-state index in [-0.39, 0.29) is 18.0 Å². The molecule has 0 aliphatic heterocycles. The molecule has 0 radical (unpaired) electrons. The van der Waals surface area contributed by atoms with Gasteiger partial charge in [0.25, 0.3) is 0 Å². The smallest absolute Gasteiger partial charge is 0.422 e. The molecule has 0 saturated carbocycles. The number of amides is 2. The number of alkyl halides is 6. The Labute approximate surface area is 159 Å². The summed E-state index contributed by atoms with van der Waals surface area (Å²) in [7, 11) is 0. The Kier molecular flexibility index (Phi) is 6.88. The summed E-state index contributed by atoms with van der Waals surface area (Å²) in [4.78, 5) is 15.4. The van der Waals surface area contributed by atoms with Crippen LogP contribution in [-0.2, 0) is 19.3 Å². The van der Waals surface area contributed by atoms with Gasteiger partial charge in [0.1, 0.15) is 5.82 Å². The van der Waals surface area contributed by atoms with Gasteiger partial charge in [-0.25, -0.2) is 14.2 Å². The van der Waals surface area contributed by atoms with Crippen LogP contribution in [0.4, 0.5) is 35.5 Å². The molecule has 0 fully saturated rings. The Morgan fingerprint density at radius 1 is 1.00 bits per heavy atom. The number of hydrogen-bond donors (Lipinski definition) is 2. The van der Waals surface area contributed by atoms with Gasteiger partial charge in [0.15, 0.2) is 6.61 Å². The number of nitrogens with one attached hydrogen (secondary N) is 2. The van der Waals surface area contributed by atoms with Crippen LogP contribution in [0.3, 0.4) is 0 Å². The summed E-state index contributed by atoms with van der Waals surface area (Å²) in [6.07, 6.45) is -8.11. The molecule has 12 heteroatoms. The van der Waals surface area contributed by atoms with Crippen molar-refractivity contribution in [3.8, 4) is 5.88 Å². The summed E-state index contributed by atoms with van der Waals surface area (Å²) in [5, 5.41) is 4.56. The van der Waals surface area contributed by atoms with Crippen LogP contribution in [0.25, 0.3) is 0 Å². The van der Waals surface area contributed by atoms with Gasteiger partial charge in [-0.1, -0.05) is 12.1 Å². The molecule has 5 nitrogen and oxygen atoms in total. The molecule has 0 unspecified atom stereocenters. The van der Waals surface area contributed by atoms with E-state index in [1.54, 1.807) is 0 Å². The van der Waals surface area contributed by atoms with Gasteiger partial charge in [-0.05, 0) is 23.3 Å². The van der Waals surface area contributed by atoms with E-state index in [1.807, 2.05) is 0 Å². The second-order valence-electron chi connectivity index (χ2n) is 5.74. The molecule has 2 rings (SSSR count). The van der Waals surface area contributed by atoms with Gasteiger partial charge < -0.3 is 15.4 Å². The van der Waals surface area contributed by atoms with E-state index in [0.29, 0.717) is 11.6 Å². The number of pyridine rings is 1. The summed E-state index contributed by atoms with van der Waals surface area (Å²) >= 11 is 0. The van der Waals surface area contributed by atoms with Crippen LogP contribution in [0.15, 0.2) is 36.5 Å². The molecule has 2 amide bonds. The summed E-state index contributed by atoms with van der Waals surface area (Å²) in [6, 6.07) is 3.83. The van der Waals surface area contributed by atoms with Crippen molar-refractivity contribution in [3.05, 3.63) is 59.0 Å². The number of carbonyl (C=O) groups is 1. The maximum atomic E-state index is 13.0. The van der Waals surface area contributed by atoms with Gasteiger partial charge in [0.05, 0.1) is 5.56 Å². The highest BCUT2D eigenvalue weighted by atomic mass is 19.4. The fourth-order valence-electron chi connectivity index (χ4n) is 2.14. The minimum Gasteiger partial charge on any atom is -0.468 e. The number of halogens is 7. The third-order valence-corrected chi connectivity index (χ3v) is 3.45. The lowest BCUT2D eigenvalue weighted by atomic mass is 10.1. The van der Waals surface area contributed by atoms with Crippen LogP contribution in [0.5, 0.6) is 5.88 Å². The fourth-order valence-corrected chi connectivity index (χ4v) is 2.14. The SMILES string of the molecule is O=C(NCc1ccc(OCC(F)(F)F)nc1)NCc1ccc(F)cc1C(F)(F)F. The van der Waals surface area contributed by atoms with Crippen LogP contribution in [0.1, 0.15) is 16.7 Å². The second-order valence-corrected chi connectivity index (χ2v) is 5.74. The number of aromatic nitrogens is 1. The summed E-state index contributed by atoms with van der Waals surface area (Å²) in [5.41, 5.74) is -1.10. The first-order chi connectivity index (χ1) is 13.4. The molecular weight excluding hydrogens is 411 g/mol. The highest BCUT2D eigenvalue weighted by Crippen LogP contribution is 2.32. The minimum absolute atomic E-state index is 0.0894. The van der Waals surface area contributed by atoms with Crippen molar-refractivity contribution >= 4 is 6.03 Å². The lowest BCUT2D eigenvalue weighted by Gasteiger charge is -2.14. The van der Waals surface area contributed by atoms with E-state index < -0.39 is 42.9 Å². The van der Waals surface area contributed by atoms with Crippen molar-refractivity contribution in [2.45, 2.75) is 25.4 Å². The van der Waals surface area contributed by atoms with Crippen molar-refractivity contribution in [1.29, 1.82) is 0 Å². The summed E-state index contributed by atoms with van der Waals surface area (Å²) in [6.45, 7) is -2.08. The Bertz CT molecular complexity index is 836. The van der Waals surface area contributed by atoms with Gasteiger partial charge in [0.2, 0.25) is 5.88 Å². The zero-order chi connectivity index (χ0) is 21.7. The number of hydrogen-bond acceptors (Lipinski definition) is 3. The summed E-state index contributed by atoms with van der Waals surface area (Å²) in [5.74, 6) is -1.31. The molecule has 2 aromatic rings. The first-order valence-electron chi connectivity index (χ1n) is 7.96. The Morgan fingerprint density at radius 2 is 1.69 bits per heavy atom. The third-order valence-electron chi connectivity index (χ3n) is 3.45. The molecule has 1 heterocycles. The van der Waals surface area contributed by atoms with Crippen molar-refractivity contribution in [2.75, 3.05) is 6.61 Å². The third kappa shape index (κ3) is 7.47. The maximum absolute atomic E-state index is 13.0. The zero-order valence-corrected chi connectivity index (χ0v) is 14.5. The Balaban J connectivity index is 1.85. The standard InChI is InChI=1S/C17H14F7N3O2/c18-12-3-2-11(13(5-12)17(22,23)24)8-27-15(28)26-7-10-1-4-14(25-6-10)29-9-16(19,20)21/h1-6H,7-9H2,(H2,26,27,28). The van der Waals surface area contributed by atoms with Crippen LogP contribution >= 0.6 is 0 Å². The number of urea groups is 1. The largest absolute Gasteiger partial charge is 0.468 e. The van der Waals surface area contributed by atoms with Crippen LogP contribution in [-0.4, -0.2) is 23.8 Å². The molecule has 0 bridgehead atoms. The van der Waals surface area contributed by atoms with E-state index in [1.165, 1.54) is 18.3 Å². The number of nitrogens with zero attached hydrogens (tertiary/aromatic N) is 1. The highest BCUT2D eigenvalue weighted by molar-refractivity contribution is 5.73. The molecular formula is C17H14F7N3O2. The van der Waals surface area contributed by atoms with Gasteiger partial charge >= 0.3 is 18.4 Å². The predicted octanol–water partition coefficient (Wildman–Crippen LogP) is 4.18. The number of ether oxygens (including phenoxy) is 1. The maximum Gasteiger partial charge on any atom is 0.422 e. The molecule has 0 spiro atoms.